The Kier molecular flexibility index (Phi) is 36.6. The summed E-state index contributed by atoms with van der Waals surface area (Å²) >= 11 is 0. The molecule has 0 aromatic carbocycles. The van der Waals surface area contributed by atoms with Crippen molar-refractivity contribution >= 4 is 25.7 Å². The van der Waals surface area contributed by atoms with Crippen LogP contribution in [0.5, 0.6) is 0 Å². The van der Waals surface area contributed by atoms with Crippen LogP contribution in [-0.2, 0) is 37.5 Å². The van der Waals surface area contributed by atoms with Gasteiger partial charge in [0.25, 0.3) is 0 Å². The van der Waals surface area contributed by atoms with Crippen LogP contribution >= 0.6 is 7.82 Å². The molecule has 3 atom stereocenters. The normalized spacial score (nSPS) is 14.5. The molecule has 0 heterocycles. The molecule has 0 rings (SSSR count). The molecule has 0 saturated carbocycles. The maximum atomic E-state index is 12.6. The van der Waals surface area contributed by atoms with Crippen molar-refractivity contribution in [2.75, 3.05) is 19.8 Å². The monoisotopic (exact) mass is 808 g/mol. The van der Waals surface area contributed by atoms with Gasteiger partial charge in [-0.15, -0.1) is 0 Å². The number of phosphoric acid groups is 1. The summed E-state index contributed by atoms with van der Waals surface area (Å²) in [6, 6.07) is -1.53. The summed E-state index contributed by atoms with van der Waals surface area (Å²) < 4.78 is 32.6. The number of carbonyl (C=O) groups is 3. The van der Waals surface area contributed by atoms with Crippen LogP contribution in [-0.4, -0.2) is 59.9 Å². The number of hydrogen-bond acceptors (Lipinski definition) is 9. The van der Waals surface area contributed by atoms with Crippen molar-refractivity contribution in [3.8, 4) is 0 Å². The molecule has 0 aliphatic carbocycles. The first kappa shape index (κ1) is 52.9. The number of carboxylic acid groups (broad SMARTS) is 1. The molecule has 0 aromatic heterocycles. The van der Waals surface area contributed by atoms with E-state index in [4.69, 9.17) is 24.8 Å². The van der Waals surface area contributed by atoms with Crippen LogP contribution in [0, 0.1) is 0 Å². The van der Waals surface area contributed by atoms with Gasteiger partial charge < -0.3 is 25.2 Å². The first-order chi connectivity index (χ1) is 27.1. The minimum atomic E-state index is -4.73. The van der Waals surface area contributed by atoms with E-state index >= 15 is 0 Å². The number of aliphatic carboxylic acids is 1. The number of rotatable bonds is 38. The van der Waals surface area contributed by atoms with E-state index in [-0.39, 0.29) is 19.4 Å². The largest absolute Gasteiger partial charge is 0.480 e. The van der Waals surface area contributed by atoms with Gasteiger partial charge in [-0.3, -0.25) is 23.4 Å². The van der Waals surface area contributed by atoms with Crippen LogP contribution in [0.2, 0.25) is 0 Å². The first-order valence-electron chi connectivity index (χ1n) is 21.0. The van der Waals surface area contributed by atoms with Crippen molar-refractivity contribution < 1.29 is 47.5 Å². The van der Waals surface area contributed by atoms with E-state index in [1.54, 1.807) is 0 Å². The van der Waals surface area contributed by atoms with Gasteiger partial charge in [0.15, 0.2) is 6.10 Å². The number of ether oxygens (including phenoxy) is 2. The molecule has 0 spiro atoms. The van der Waals surface area contributed by atoms with Crippen LogP contribution in [0.25, 0.3) is 0 Å². The molecule has 12 heteroatoms. The summed E-state index contributed by atoms with van der Waals surface area (Å²) in [6.45, 7) is 2.60. The Labute approximate surface area is 338 Å². The number of allylic oxidation sites excluding steroid dienone is 12. The minimum absolute atomic E-state index is 0.0787. The molecule has 1 unspecified atom stereocenters. The van der Waals surface area contributed by atoms with Crippen LogP contribution in [0.3, 0.4) is 0 Å². The fraction of sp³-hybridized carbons (Fsp3) is 0.659. The van der Waals surface area contributed by atoms with E-state index < -0.39 is 51.1 Å². The fourth-order valence-electron chi connectivity index (χ4n) is 5.15. The van der Waals surface area contributed by atoms with E-state index in [2.05, 4.69) is 79.1 Å². The molecule has 11 nitrogen and oxygen atoms in total. The predicted molar refractivity (Wildman–Crippen MR) is 226 cm³/mol. The number of carbonyl (C=O) groups excluding carboxylic acids is 2. The van der Waals surface area contributed by atoms with Gasteiger partial charge in [-0.05, 0) is 77.0 Å². The topological polar surface area (TPSA) is 172 Å². The SMILES string of the molecule is CC/C=C\C/C=C\C/C=C\C/C=C\C/C=C\CCCC(=O)O[C@H](COC(=O)CCCCCCCCC/C=C\CCCCCC)COP(=O)(O)OC[C@H](N)C(=O)O. The van der Waals surface area contributed by atoms with Gasteiger partial charge in [0.2, 0.25) is 0 Å². The third-order valence-electron chi connectivity index (χ3n) is 8.44. The zero-order valence-electron chi connectivity index (χ0n) is 34.4. The highest BCUT2D eigenvalue weighted by molar-refractivity contribution is 7.47. The van der Waals surface area contributed by atoms with Crippen molar-refractivity contribution in [2.24, 2.45) is 5.73 Å². The second kappa shape index (κ2) is 38.8. The number of esters is 2. The van der Waals surface area contributed by atoms with Gasteiger partial charge in [-0.25, -0.2) is 4.57 Å². The number of phosphoric ester groups is 1. The van der Waals surface area contributed by atoms with E-state index in [9.17, 15) is 23.8 Å². The molecular formula is C44H74NO10P. The second-order valence-corrected chi connectivity index (χ2v) is 15.2. The average Bonchev–Trinajstić information content (AvgIpc) is 3.17. The Morgan fingerprint density at radius 3 is 1.57 bits per heavy atom. The van der Waals surface area contributed by atoms with Gasteiger partial charge in [0, 0.05) is 12.8 Å². The maximum absolute atomic E-state index is 12.6. The lowest BCUT2D eigenvalue weighted by Crippen LogP contribution is -2.34. The lowest BCUT2D eigenvalue weighted by atomic mass is 10.1. The fourth-order valence-corrected chi connectivity index (χ4v) is 5.93. The van der Waals surface area contributed by atoms with E-state index in [0.29, 0.717) is 19.3 Å². The van der Waals surface area contributed by atoms with E-state index in [1.807, 2.05) is 12.2 Å². The lowest BCUT2D eigenvalue weighted by molar-refractivity contribution is -0.161. The summed E-state index contributed by atoms with van der Waals surface area (Å²) in [6.07, 6.45) is 45.4. The lowest BCUT2D eigenvalue weighted by Gasteiger charge is -2.20. The molecule has 0 bridgehead atoms. The molecule has 0 radical (unpaired) electrons. The van der Waals surface area contributed by atoms with Gasteiger partial charge in [0.05, 0.1) is 13.2 Å². The average molecular weight is 808 g/mol. The number of unbranched alkanes of at least 4 members (excludes halogenated alkanes) is 12. The third-order valence-corrected chi connectivity index (χ3v) is 9.39. The quantitative estimate of drug-likeness (QED) is 0.0235. The Morgan fingerprint density at radius 2 is 1.02 bits per heavy atom. The molecular weight excluding hydrogens is 733 g/mol. The Bertz CT molecular complexity index is 1230. The summed E-state index contributed by atoms with van der Waals surface area (Å²) in [5, 5.41) is 8.88. The second-order valence-electron chi connectivity index (χ2n) is 13.7. The summed E-state index contributed by atoms with van der Waals surface area (Å²) in [7, 11) is -4.73. The predicted octanol–water partition coefficient (Wildman–Crippen LogP) is 10.9. The van der Waals surface area contributed by atoms with Crippen LogP contribution in [0.15, 0.2) is 72.9 Å². The summed E-state index contributed by atoms with van der Waals surface area (Å²) in [4.78, 5) is 45.9. The number of carboxylic acids is 1. The molecule has 0 amide bonds. The van der Waals surface area contributed by atoms with Gasteiger partial charge in [0.1, 0.15) is 12.6 Å². The smallest absolute Gasteiger partial charge is 0.472 e. The zero-order chi connectivity index (χ0) is 41.4. The molecule has 4 N–H and O–H groups in total. The molecule has 0 aromatic rings. The molecule has 0 aliphatic rings. The van der Waals surface area contributed by atoms with E-state index in [1.165, 1.54) is 51.4 Å². The van der Waals surface area contributed by atoms with Gasteiger partial charge in [-0.2, -0.15) is 0 Å². The zero-order valence-corrected chi connectivity index (χ0v) is 35.3. The minimum Gasteiger partial charge on any atom is -0.480 e. The highest BCUT2D eigenvalue weighted by Crippen LogP contribution is 2.43. The molecule has 0 fully saturated rings. The van der Waals surface area contributed by atoms with Crippen molar-refractivity contribution in [1.29, 1.82) is 0 Å². The highest BCUT2D eigenvalue weighted by atomic mass is 31.2. The van der Waals surface area contributed by atoms with Crippen LogP contribution < -0.4 is 5.73 Å². The van der Waals surface area contributed by atoms with E-state index in [0.717, 1.165) is 57.8 Å². The number of nitrogens with two attached hydrogens (primary N) is 1. The van der Waals surface area contributed by atoms with Crippen molar-refractivity contribution in [1.82, 2.24) is 0 Å². The van der Waals surface area contributed by atoms with Gasteiger partial charge >= 0.3 is 25.7 Å². The maximum Gasteiger partial charge on any atom is 0.472 e. The van der Waals surface area contributed by atoms with Crippen molar-refractivity contribution in [3.63, 3.8) is 0 Å². The standard InChI is InChI=1S/C44H74NO10P/c1-3-5-7-9-11-13-15-17-19-20-22-24-26-28-30-32-34-36-43(47)55-40(38-53-56(50,51)54-39-41(45)44(48)49)37-52-42(46)35-33-31-29-27-25-23-21-18-16-14-12-10-8-6-4-2/h5,7,11,13-14,16-17,19,22,24,28,30,40-41H,3-4,6,8-10,12,15,18,20-21,23,25-27,29,31-39,45H2,1-2H3,(H,48,49)(H,50,51)/b7-5-,13-11-,16-14-,19-17-,24-22-,30-28-/t40-,41+/m1/s1. The number of hydrogen-bond donors (Lipinski definition) is 3. The van der Waals surface area contributed by atoms with Crippen molar-refractivity contribution in [2.45, 2.75) is 167 Å². The van der Waals surface area contributed by atoms with Crippen LogP contribution in [0.4, 0.5) is 0 Å². The van der Waals surface area contributed by atoms with Crippen molar-refractivity contribution in [3.05, 3.63) is 72.9 Å². The summed E-state index contributed by atoms with van der Waals surface area (Å²) in [5.41, 5.74) is 5.32. The molecule has 0 aliphatic heterocycles. The van der Waals surface area contributed by atoms with Crippen LogP contribution in [0.1, 0.15) is 155 Å². The Balaban J connectivity index is 4.51. The highest BCUT2D eigenvalue weighted by Gasteiger charge is 2.28. The Hall–Kier alpha value is -3.08. The van der Waals surface area contributed by atoms with Gasteiger partial charge in [-0.1, -0.05) is 138 Å². The third kappa shape index (κ3) is 37.8. The molecule has 56 heavy (non-hydrogen) atoms. The molecule has 0 saturated heterocycles. The first-order valence-corrected chi connectivity index (χ1v) is 22.5. The summed E-state index contributed by atoms with van der Waals surface area (Å²) in [5.74, 6) is -2.47. The Morgan fingerprint density at radius 1 is 0.571 bits per heavy atom. The molecule has 320 valence electrons.